The number of aromatic nitrogens is 1. The maximum absolute atomic E-state index is 13.6. The second-order valence-electron chi connectivity index (χ2n) is 7.71. The molecule has 2 heterocycles. The third-order valence-electron chi connectivity index (χ3n) is 5.40. The maximum atomic E-state index is 13.6. The van der Waals surface area contributed by atoms with Gasteiger partial charge in [0.2, 0.25) is 0 Å². The molecule has 0 unspecified atom stereocenters. The monoisotopic (exact) mass is 446 g/mol. The highest BCUT2D eigenvalue weighted by Crippen LogP contribution is 2.40. The number of pyridine rings is 1. The summed E-state index contributed by atoms with van der Waals surface area (Å²) in [6, 6.07) is 14.9. The van der Waals surface area contributed by atoms with Crippen molar-refractivity contribution in [1.82, 2.24) is 9.88 Å². The van der Waals surface area contributed by atoms with Gasteiger partial charge in [-0.15, -0.1) is 0 Å². The molecule has 1 saturated heterocycles. The highest BCUT2D eigenvalue weighted by molar-refractivity contribution is 6.46. The lowest BCUT2D eigenvalue weighted by Gasteiger charge is -2.25. The van der Waals surface area contributed by atoms with Crippen molar-refractivity contribution in [3.05, 3.63) is 101 Å². The van der Waals surface area contributed by atoms with Gasteiger partial charge >= 0.3 is 0 Å². The molecule has 6 nitrogen and oxygen atoms in total. The molecule has 1 fully saturated rings. The Labute approximate surface area is 191 Å². The van der Waals surface area contributed by atoms with Crippen molar-refractivity contribution in [2.45, 2.75) is 25.9 Å². The van der Waals surface area contributed by atoms with Gasteiger partial charge < -0.3 is 14.7 Å². The molecule has 2 aromatic carbocycles. The van der Waals surface area contributed by atoms with Gasteiger partial charge in [0.15, 0.2) is 0 Å². The second-order valence-corrected chi connectivity index (χ2v) is 7.71. The average molecular weight is 446 g/mol. The van der Waals surface area contributed by atoms with Gasteiger partial charge in [0.1, 0.15) is 17.3 Å². The smallest absolute Gasteiger partial charge is 0.295 e. The van der Waals surface area contributed by atoms with Gasteiger partial charge in [-0.3, -0.25) is 14.6 Å². The van der Waals surface area contributed by atoms with Gasteiger partial charge in [-0.2, -0.15) is 0 Å². The normalized spacial score (nSPS) is 17.4. The molecule has 168 valence electrons. The Kier molecular flexibility index (Phi) is 6.49. The van der Waals surface area contributed by atoms with Crippen LogP contribution in [0.15, 0.2) is 78.6 Å². The molecule has 3 aromatic rings. The van der Waals surface area contributed by atoms with Crippen LogP contribution in [0, 0.1) is 5.82 Å². The Morgan fingerprint density at radius 3 is 2.45 bits per heavy atom. The topological polar surface area (TPSA) is 79.7 Å². The summed E-state index contributed by atoms with van der Waals surface area (Å²) in [4.78, 5) is 31.5. The Hall–Kier alpha value is -4.00. The first-order valence-corrected chi connectivity index (χ1v) is 10.7. The van der Waals surface area contributed by atoms with Gasteiger partial charge in [0.05, 0.1) is 18.2 Å². The molecule has 1 aliphatic rings. The van der Waals surface area contributed by atoms with Crippen molar-refractivity contribution in [3.8, 4) is 5.75 Å². The number of ketones is 1. The molecule has 1 amide bonds. The minimum absolute atomic E-state index is 0.0438. The summed E-state index contributed by atoms with van der Waals surface area (Å²) in [6.07, 6.45) is 4.08. The van der Waals surface area contributed by atoms with Crippen molar-refractivity contribution in [3.63, 3.8) is 0 Å². The summed E-state index contributed by atoms with van der Waals surface area (Å²) >= 11 is 0. The molecule has 0 radical (unpaired) electrons. The third kappa shape index (κ3) is 4.62. The average Bonchev–Trinajstić information content (AvgIpc) is 3.08. The predicted octanol–water partition coefficient (Wildman–Crippen LogP) is 4.63. The highest BCUT2D eigenvalue weighted by atomic mass is 19.1. The van der Waals surface area contributed by atoms with Crippen LogP contribution in [0.3, 0.4) is 0 Å². The zero-order valence-corrected chi connectivity index (χ0v) is 18.1. The molecule has 0 saturated carbocycles. The standard InChI is InChI=1S/C26H23FN2O4/c1-2-14-33-21-11-7-19(8-12-21)24(30)22-23(18-5-9-20(27)10-6-18)29(26(32)25(22)31)16-17-4-3-13-28-15-17/h3-13,15,23,30H,2,14,16H2,1H3/t23-/m0/s1. The van der Waals surface area contributed by atoms with Gasteiger partial charge in [-0.1, -0.05) is 25.1 Å². The molecule has 0 spiro atoms. The molecule has 33 heavy (non-hydrogen) atoms. The molecule has 4 rings (SSSR count). The number of halogens is 1. The van der Waals surface area contributed by atoms with Crippen molar-refractivity contribution in [2.75, 3.05) is 6.61 Å². The van der Waals surface area contributed by atoms with E-state index in [1.165, 1.54) is 29.2 Å². The van der Waals surface area contributed by atoms with E-state index in [0.29, 0.717) is 23.5 Å². The van der Waals surface area contributed by atoms with Crippen LogP contribution in [0.2, 0.25) is 0 Å². The fourth-order valence-electron chi connectivity index (χ4n) is 3.81. The Balaban J connectivity index is 1.78. The third-order valence-corrected chi connectivity index (χ3v) is 5.40. The molecular weight excluding hydrogens is 423 g/mol. The Morgan fingerprint density at radius 2 is 1.82 bits per heavy atom. The van der Waals surface area contributed by atoms with Gasteiger partial charge in [0.25, 0.3) is 11.7 Å². The van der Waals surface area contributed by atoms with Crippen molar-refractivity contribution < 1.29 is 23.8 Å². The van der Waals surface area contributed by atoms with Crippen LogP contribution in [0.5, 0.6) is 5.75 Å². The van der Waals surface area contributed by atoms with Crippen LogP contribution >= 0.6 is 0 Å². The van der Waals surface area contributed by atoms with Gasteiger partial charge in [-0.25, -0.2) is 4.39 Å². The van der Waals surface area contributed by atoms with Crippen LogP contribution in [-0.2, 0) is 16.1 Å². The van der Waals surface area contributed by atoms with E-state index in [-0.39, 0.29) is 17.9 Å². The first kappa shape index (κ1) is 22.2. The maximum Gasteiger partial charge on any atom is 0.295 e. The van der Waals surface area contributed by atoms with E-state index in [1.807, 2.05) is 6.92 Å². The number of hydrogen-bond donors (Lipinski definition) is 1. The number of amides is 1. The number of hydrogen-bond acceptors (Lipinski definition) is 5. The zero-order chi connectivity index (χ0) is 23.4. The van der Waals surface area contributed by atoms with E-state index < -0.39 is 23.5 Å². The molecule has 7 heteroatoms. The van der Waals surface area contributed by atoms with Crippen molar-refractivity contribution in [2.24, 2.45) is 0 Å². The SMILES string of the molecule is CCCOc1ccc(C(O)=C2C(=O)C(=O)N(Cc3cccnc3)[C@H]2c2ccc(F)cc2)cc1. The van der Waals surface area contributed by atoms with E-state index in [2.05, 4.69) is 4.98 Å². The number of carbonyl (C=O) groups is 2. The summed E-state index contributed by atoms with van der Waals surface area (Å²) in [5.74, 6) is -1.63. The summed E-state index contributed by atoms with van der Waals surface area (Å²) in [6.45, 7) is 2.68. The summed E-state index contributed by atoms with van der Waals surface area (Å²) in [7, 11) is 0. The lowest BCUT2D eigenvalue weighted by atomic mass is 9.95. The Bertz CT molecular complexity index is 1180. The first-order valence-electron chi connectivity index (χ1n) is 10.7. The van der Waals surface area contributed by atoms with E-state index in [0.717, 1.165) is 12.0 Å². The number of likely N-dealkylation sites (tertiary alicyclic amines) is 1. The Morgan fingerprint density at radius 1 is 1.09 bits per heavy atom. The van der Waals surface area contributed by atoms with Crippen LogP contribution in [-0.4, -0.2) is 33.3 Å². The van der Waals surface area contributed by atoms with Gasteiger partial charge in [0, 0.05) is 24.5 Å². The summed E-state index contributed by atoms with van der Waals surface area (Å²) in [5.41, 5.74) is 1.58. The number of rotatable bonds is 7. The zero-order valence-electron chi connectivity index (χ0n) is 18.1. The quantitative estimate of drug-likeness (QED) is 0.325. The summed E-state index contributed by atoms with van der Waals surface area (Å²) in [5, 5.41) is 11.1. The highest BCUT2D eigenvalue weighted by Gasteiger charge is 2.46. The fourth-order valence-corrected chi connectivity index (χ4v) is 3.81. The number of carbonyl (C=O) groups excluding carboxylic acids is 2. The number of aliphatic hydroxyl groups is 1. The molecule has 1 N–H and O–H groups in total. The van der Waals surface area contributed by atoms with E-state index in [1.54, 1.807) is 48.8 Å². The molecule has 1 aromatic heterocycles. The van der Waals surface area contributed by atoms with E-state index in [4.69, 9.17) is 4.74 Å². The van der Waals surface area contributed by atoms with Crippen molar-refractivity contribution in [1.29, 1.82) is 0 Å². The van der Waals surface area contributed by atoms with E-state index >= 15 is 0 Å². The number of ether oxygens (including phenoxy) is 1. The predicted molar refractivity (Wildman–Crippen MR) is 121 cm³/mol. The van der Waals surface area contributed by atoms with Gasteiger partial charge in [-0.05, 0) is 60.0 Å². The molecule has 1 atom stereocenters. The number of Topliss-reactive ketones (excluding diaryl/α,β-unsaturated/α-hetero) is 1. The largest absolute Gasteiger partial charge is 0.507 e. The molecule has 1 aliphatic heterocycles. The van der Waals surface area contributed by atoms with Crippen LogP contribution in [0.4, 0.5) is 4.39 Å². The van der Waals surface area contributed by atoms with Crippen LogP contribution < -0.4 is 4.74 Å². The lowest BCUT2D eigenvalue weighted by molar-refractivity contribution is -0.140. The van der Waals surface area contributed by atoms with Crippen molar-refractivity contribution >= 4 is 17.4 Å². The number of nitrogens with zero attached hydrogens (tertiary/aromatic N) is 2. The second kappa shape index (κ2) is 9.65. The molecule has 0 bridgehead atoms. The molecular formula is C26H23FN2O4. The number of benzene rings is 2. The fraction of sp³-hybridized carbons (Fsp3) is 0.192. The number of aliphatic hydroxyl groups excluding tert-OH is 1. The van der Waals surface area contributed by atoms with Crippen LogP contribution in [0.25, 0.3) is 5.76 Å². The minimum atomic E-state index is -0.873. The lowest BCUT2D eigenvalue weighted by Crippen LogP contribution is -2.29. The minimum Gasteiger partial charge on any atom is -0.507 e. The van der Waals surface area contributed by atoms with Crippen LogP contribution in [0.1, 0.15) is 36.1 Å². The first-order chi connectivity index (χ1) is 16.0. The van der Waals surface area contributed by atoms with E-state index in [9.17, 15) is 19.1 Å². The summed E-state index contributed by atoms with van der Waals surface area (Å²) < 4.78 is 19.2. The molecule has 0 aliphatic carbocycles.